The van der Waals surface area contributed by atoms with Gasteiger partial charge in [0.25, 0.3) is 5.91 Å². The summed E-state index contributed by atoms with van der Waals surface area (Å²) in [6, 6.07) is 4.01. The Morgan fingerprint density at radius 2 is 2.00 bits per heavy atom. The van der Waals surface area contributed by atoms with E-state index in [-0.39, 0.29) is 5.91 Å². The lowest BCUT2D eigenvalue weighted by Gasteiger charge is -2.16. The number of aryl methyl sites for hydroxylation is 1. The normalized spacial score (nSPS) is 17.5. The van der Waals surface area contributed by atoms with E-state index in [2.05, 4.69) is 10.3 Å². The number of hydrogen-bond acceptors (Lipinski definition) is 2. The van der Waals surface area contributed by atoms with E-state index in [0.29, 0.717) is 11.6 Å². The standard InChI is InChI=1S/C14H20N2O/c1-11-13(9-6-10-15-11)14(17)16-12-7-4-2-3-5-8-12/h6,9-10,12H,2-5,7-8H2,1H3,(H,16,17). The summed E-state index contributed by atoms with van der Waals surface area (Å²) in [5.74, 6) is 0.0301. The van der Waals surface area contributed by atoms with Crippen LogP contribution in [0.25, 0.3) is 0 Å². The van der Waals surface area contributed by atoms with Gasteiger partial charge in [0.1, 0.15) is 0 Å². The first-order chi connectivity index (χ1) is 8.27. The van der Waals surface area contributed by atoms with Gasteiger partial charge in [0, 0.05) is 17.9 Å². The van der Waals surface area contributed by atoms with Gasteiger partial charge in [-0.15, -0.1) is 0 Å². The van der Waals surface area contributed by atoms with Gasteiger partial charge in [-0.25, -0.2) is 0 Å². The molecule has 3 nitrogen and oxygen atoms in total. The molecule has 1 fully saturated rings. The molecule has 1 N–H and O–H groups in total. The Hall–Kier alpha value is -1.38. The first kappa shape index (κ1) is 12.1. The third-order valence-corrected chi connectivity index (χ3v) is 3.44. The fraction of sp³-hybridized carbons (Fsp3) is 0.571. The fourth-order valence-corrected chi connectivity index (χ4v) is 2.41. The summed E-state index contributed by atoms with van der Waals surface area (Å²) < 4.78 is 0. The maximum atomic E-state index is 12.1. The van der Waals surface area contributed by atoms with E-state index in [1.165, 1.54) is 25.7 Å². The summed E-state index contributed by atoms with van der Waals surface area (Å²) in [7, 11) is 0. The van der Waals surface area contributed by atoms with Crippen LogP contribution < -0.4 is 5.32 Å². The van der Waals surface area contributed by atoms with E-state index >= 15 is 0 Å². The lowest BCUT2D eigenvalue weighted by molar-refractivity contribution is 0.0932. The number of aromatic nitrogens is 1. The van der Waals surface area contributed by atoms with Gasteiger partial charge in [0.05, 0.1) is 5.56 Å². The summed E-state index contributed by atoms with van der Waals surface area (Å²) in [6.07, 6.45) is 9.03. The molecule has 1 aliphatic rings. The number of hydrogen-bond donors (Lipinski definition) is 1. The van der Waals surface area contributed by atoms with Crippen molar-refractivity contribution in [1.29, 1.82) is 0 Å². The number of nitrogens with one attached hydrogen (secondary N) is 1. The van der Waals surface area contributed by atoms with Crippen molar-refractivity contribution >= 4 is 5.91 Å². The van der Waals surface area contributed by atoms with Gasteiger partial charge in [-0.2, -0.15) is 0 Å². The highest BCUT2D eigenvalue weighted by molar-refractivity contribution is 5.95. The molecule has 1 amide bonds. The minimum Gasteiger partial charge on any atom is -0.349 e. The number of nitrogens with zero attached hydrogens (tertiary/aromatic N) is 1. The van der Waals surface area contributed by atoms with Crippen molar-refractivity contribution < 1.29 is 4.79 Å². The Morgan fingerprint density at radius 3 is 2.65 bits per heavy atom. The first-order valence-electron chi connectivity index (χ1n) is 6.50. The van der Waals surface area contributed by atoms with Crippen LogP contribution in [0.5, 0.6) is 0 Å². The monoisotopic (exact) mass is 232 g/mol. The maximum Gasteiger partial charge on any atom is 0.253 e. The summed E-state index contributed by atoms with van der Waals surface area (Å²) in [5, 5.41) is 3.14. The van der Waals surface area contributed by atoms with Gasteiger partial charge in [-0.1, -0.05) is 25.7 Å². The largest absolute Gasteiger partial charge is 0.349 e. The zero-order valence-electron chi connectivity index (χ0n) is 10.4. The van der Waals surface area contributed by atoms with E-state index in [9.17, 15) is 4.79 Å². The highest BCUT2D eigenvalue weighted by atomic mass is 16.1. The molecule has 0 unspecified atom stereocenters. The zero-order valence-corrected chi connectivity index (χ0v) is 10.4. The van der Waals surface area contributed by atoms with Crippen molar-refractivity contribution in [2.75, 3.05) is 0 Å². The molecule has 1 aromatic rings. The van der Waals surface area contributed by atoms with Gasteiger partial charge >= 0.3 is 0 Å². The zero-order chi connectivity index (χ0) is 12.1. The number of carbonyl (C=O) groups excluding carboxylic acids is 1. The third kappa shape index (κ3) is 3.29. The molecule has 1 saturated carbocycles. The van der Waals surface area contributed by atoms with Crippen LogP contribution in [0.4, 0.5) is 0 Å². The number of pyridine rings is 1. The van der Waals surface area contributed by atoms with Gasteiger partial charge in [-0.3, -0.25) is 9.78 Å². The van der Waals surface area contributed by atoms with Crippen LogP contribution in [0, 0.1) is 6.92 Å². The summed E-state index contributed by atoms with van der Waals surface area (Å²) in [6.45, 7) is 1.88. The molecule has 17 heavy (non-hydrogen) atoms. The molecule has 3 heteroatoms. The quantitative estimate of drug-likeness (QED) is 0.797. The molecule has 2 rings (SSSR count). The van der Waals surface area contributed by atoms with Crippen molar-refractivity contribution in [3.63, 3.8) is 0 Å². The average molecular weight is 232 g/mol. The highest BCUT2D eigenvalue weighted by Gasteiger charge is 2.16. The van der Waals surface area contributed by atoms with Gasteiger partial charge in [0.2, 0.25) is 0 Å². The van der Waals surface area contributed by atoms with Crippen LogP contribution in [0.3, 0.4) is 0 Å². The van der Waals surface area contributed by atoms with E-state index < -0.39 is 0 Å². The molecule has 0 atom stereocenters. The number of carbonyl (C=O) groups is 1. The minimum atomic E-state index is 0.0301. The van der Waals surface area contributed by atoms with Crippen molar-refractivity contribution in [2.24, 2.45) is 0 Å². The number of amides is 1. The molecule has 1 aliphatic carbocycles. The van der Waals surface area contributed by atoms with Crippen LogP contribution in [0.15, 0.2) is 18.3 Å². The molecule has 0 aliphatic heterocycles. The Kier molecular flexibility index (Phi) is 4.13. The predicted molar refractivity (Wildman–Crippen MR) is 67.9 cm³/mol. The lowest BCUT2D eigenvalue weighted by Crippen LogP contribution is -2.34. The summed E-state index contributed by atoms with van der Waals surface area (Å²) in [5.41, 5.74) is 1.51. The Labute approximate surface area is 103 Å². The Bertz CT molecular complexity index is 382. The average Bonchev–Trinajstić information content (AvgIpc) is 2.58. The third-order valence-electron chi connectivity index (χ3n) is 3.44. The van der Waals surface area contributed by atoms with Crippen LogP contribution in [-0.2, 0) is 0 Å². The van der Waals surface area contributed by atoms with Crippen molar-refractivity contribution in [2.45, 2.75) is 51.5 Å². The van der Waals surface area contributed by atoms with Crippen LogP contribution >= 0.6 is 0 Å². The van der Waals surface area contributed by atoms with Gasteiger partial charge < -0.3 is 5.32 Å². The van der Waals surface area contributed by atoms with E-state index in [1.54, 1.807) is 6.20 Å². The molecule has 0 radical (unpaired) electrons. The van der Waals surface area contributed by atoms with Crippen molar-refractivity contribution in [3.05, 3.63) is 29.6 Å². The van der Waals surface area contributed by atoms with Gasteiger partial charge in [0.15, 0.2) is 0 Å². The molecule has 1 aromatic heterocycles. The predicted octanol–water partition coefficient (Wildman–Crippen LogP) is 2.84. The van der Waals surface area contributed by atoms with E-state index in [0.717, 1.165) is 18.5 Å². The molecule has 92 valence electrons. The smallest absolute Gasteiger partial charge is 0.253 e. The van der Waals surface area contributed by atoms with Crippen molar-refractivity contribution in [3.8, 4) is 0 Å². The first-order valence-corrected chi connectivity index (χ1v) is 6.50. The molecule has 0 spiro atoms. The summed E-state index contributed by atoms with van der Waals surface area (Å²) in [4.78, 5) is 16.2. The van der Waals surface area contributed by atoms with Gasteiger partial charge in [-0.05, 0) is 31.9 Å². The lowest BCUT2D eigenvalue weighted by atomic mass is 10.1. The van der Waals surface area contributed by atoms with Crippen LogP contribution in [0.2, 0.25) is 0 Å². The molecule has 0 aromatic carbocycles. The second kappa shape index (κ2) is 5.80. The van der Waals surface area contributed by atoms with Crippen LogP contribution in [-0.4, -0.2) is 16.9 Å². The Balaban J connectivity index is 1.98. The highest BCUT2D eigenvalue weighted by Crippen LogP contribution is 2.17. The Morgan fingerprint density at radius 1 is 1.29 bits per heavy atom. The molecule has 0 saturated heterocycles. The number of rotatable bonds is 2. The molecular weight excluding hydrogens is 212 g/mol. The SMILES string of the molecule is Cc1ncccc1C(=O)NC1CCCCCC1. The van der Waals surface area contributed by atoms with Crippen LogP contribution in [0.1, 0.15) is 54.6 Å². The van der Waals surface area contributed by atoms with E-state index in [1.807, 2.05) is 19.1 Å². The van der Waals surface area contributed by atoms with Crippen molar-refractivity contribution in [1.82, 2.24) is 10.3 Å². The molecule has 0 bridgehead atoms. The van der Waals surface area contributed by atoms with E-state index in [4.69, 9.17) is 0 Å². The second-order valence-corrected chi connectivity index (χ2v) is 4.80. The molecular formula is C14H20N2O. The molecule has 1 heterocycles. The fourth-order valence-electron chi connectivity index (χ4n) is 2.41. The second-order valence-electron chi connectivity index (χ2n) is 4.80. The minimum absolute atomic E-state index is 0.0301. The topological polar surface area (TPSA) is 42.0 Å². The maximum absolute atomic E-state index is 12.1. The summed E-state index contributed by atoms with van der Waals surface area (Å²) >= 11 is 0.